The molecule has 8 heteroatoms. The van der Waals surface area contributed by atoms with Crippen LogP contribution in [-0.4, -0.2) is 28.6 Å². The monoisotopic (exact) mass is 424 g/mol. The van der Waals surface area contributed by atoms with E-state index in [9.17, 15) is 24.6 Å². The standard InChI is InChI=1S/C23H20O8/c1-4-29-15-8-12(5-6-14(15)25)13-9-17(27)31-23-19(11(3)24)21(28)18-10(2)7-16(26)30-22(18)20(13)23/h5-8,13,25,28H,4,9H2,1-3H3. The maximum absolute atomic E-state index is 12.5. The van der Waals surface area contributed by atoms with Gasteiger partial charge in [-0.3, -0.25) is 9.59 Å². The molecular formula is C23H20O8. The highest BCUT2D eigenvalue weighted by Gasteiger charge is 2.37. The summed E-state index contributed by atoms with van der Waals surface area (Å²) >= 11 is 0. The van der Waals surface area contributed by atoms with Crippen LogP contribution in [0, 0.1) is 6.92 Å². The van der Waals surface area contributed by atoms with Crippen LogP contribution in [0.15, 0.2) is 33.5 Å². The van der Waals surface area contributed by atoms with E-state index in [0.717, 1.165) is 0 Å². The van der Waals surface area contributed by atoms with Crippen molar-refractivity contribution in [2.75, 3.05) is 6.61 Å². The van der Waals surface area contributed by atoms with Gasteiger partial charge in [0.05, 0.1) is 18.4 Å². The number of Topliss-reactive ketones (excluding diaryl/α,β-unsaturated/α-hetero) is 1. The SMILES string of the molecule is CCOc1cc(C2CC(=O)Oc3c(C(C)=O)c(O)c4c(C)cc(=O)oc4c32)ccc1O. The van der Waals surface area contributed by atoms with Gasteiger partial charge < -0.3 is 24.1 Å². The Hall–Kier alpha value is -3.81. The van der Waals surface area contributed by atoms with Crippen LogP contribution in [-0.2, 0) is 4.79 Å². The van der Waals surface area contributed by atoms with E-state index >= 15 is 0 Å². The molecule has 0 fully saturated rings. The van der Waals surface area contributed by atoms with Crippen molar-refractivity contribution in [2.45, 2.75) is 33.1 Å². The molecule has 2 aromatic carbocycles. The Kier molecular flexibility index (Phi) is 4.93. The fourth-order valence-corrected chi connectivity index (χ4v) is 4.04. The van der Waals surface area contributed by atoms with Gasteiger partial charge in [0.2, 0.25) is 0 Å². The molecule has 1 aliphatic heterocycles. The number of hydrogen-bond acceptors (Lipinski definition) is 8. The second-order valence-corrected chi connectivity index (χ2v) is 7.37. The Balaban J connectivity index is 2.11. The number of phenols is 2. The number of ether oxygens (including phenoxy) is 2. The first-order valence-electron chi connectivity index (χ1n) is 9.73. The molecule has 2 N–H and O–H groups in total. The molecule has 0 spiro atoms. The summed E-state index contributed by atoms with van der Waals surface area (Å²) in [6, 6.07) is 5.86. The Morgan fingerprint density at radius 2 is 1.97 bits per heavy atom. The largest absolute Gasteiger partial charge is 0.506 e. The number of aryl methyl sites for hydroxylation is 1. The number of hydrogen-bond donors (Lipinski definition) is 2. The van der Waals surface area contributed by atoms with Gasteiger partial charge >= 0.3 is 11.6 Å². The van der Waals surface area contributed by atoms with Gasteiger partial charge in [0.15, 0.2) is 23.0 Å². The van der Waals surface area contributed by atoms with Gasteiger partial charge in [-0.2, -0.15) is 0 Å². The summed E-state index contributed by atoms with van der Waals surface area (Å²) < 4.78 is 16.3. The Morgan fingerprint density at radius 1 is 1.23 bits per heavy atom. The number of aromatic hydroxyl groups is 2. The smallest absolute Gasteiger partial charge is 0.336 e. The second-order valence-electron chi connectivity index (χ2n) is 7.37. The number of carbonyl (C=O) groups excluding carboxylic acids is 2. The molecule has 0 aliphatic carbocycles. The van der Waals surface area contributed by atoms with E-state index in [1.807, 2.05) is 0 Å². The summed E-state index contributed by atoms with van der Waals surface area (Å²) in [5.41, 5.74) is 0.577. The molecule has 1 atom stereocenters. The van der Waals surface area contributed by atoms with Crippen LogP contribution in [0.3, 0.4) is 0 Å². The molecule has 0 amide bonds. The molecule has 0 bridgehead atoms. The van der Waals surface area contributed by atoms with Gasteiger partial charge in [-0.15, -0.1) is 0 Å². The third-order valence-electron chi connectivity index (χ3n) is 5.32. The van der Waals surface area contributed by atoms with E-state index in [1.165, 1.54) is 19.1 Å². The maximum Gasteiger partial charge on any atom is 0.336 e. The molecule has 31 heavy (non-hydrogen) atoms. The third-order valence-corrected chi connectivity index (χ3v) is 5.32. The lowest BCUT2D eigenvalue weighted by Crippen LogP contribution is -2.23. The Labute approximate surface area is 176 Å². The minimum atomic E-state index is -0.665. The van der Waals surface area contributed by atoms with E-state index in [-0.39, 0.29) is 40.2 Å². The molecule has 0 radical (unpaired) electrons. The van der Waals surface area contributed by atoms with Crippen molar-refractivity contribution in [3.8, 4) is 23.0 Å². The highest BCUT2D eigenvalue weighted by Crippen LogP contribution is 2.50. The highest BCUT2D eigenvalue weighted by atomic mass is 16.5. The number of phenolic OH excluding ortho intramolecular Hbond substituents is 2. The fraction of sp³-hybridized carbons (Fsp3) is 0.261. The zero-order valence-electron chi connectivity index (χ0n) is 17.1. The van der Waals surface area contributed by atoms with Crippen LogP contribution in [0.2, 0.25) is 0 Å². The van der Waals surface area contributed by atoms with Gasteiger partial charge in [-0.25, -0.2) is 4.79 Å². The number of benzene rings is 2. The average molecular weight is 424 g/mol. The first-order valence-corrected chi connectivity index (χ1v) is 9.73. The van der Waals surface area contributed by atoms with Gasteiger partial charge in [0.1, 0.15) is 16.9 Å². The van der Waals surface area contributed by atoms with Crippen LogP contribution in [0.25, 0.3) is 11.0 Å². The van der Waals surface area contributed by atoms with E-state index in [2.05, 4.69) is 0 Å². The van der Waals surface area contributed by atoms with Crippen molar-refractivity contribution < 1.29 is 33.7 Å². The summed E-state index contributed by atoms with van der Waals surface area (Å²) in [6.07, 6.45) is -0.0990. The van der Waals surface area contributed by atoms with Crippen LogP contribution in [0.5, 0.6) is 23.0 Å². The molecule has 3 aromatic rings. The minimum Gasteiger partial charge on any atom is -0.506 e. The molecule has 1 aromatic heterocycles. The first kappa shape index (κ1) is 20.5. The van der Waals surface area contributed by atoms with E-state index in [4.69, 9.17) is 13.9 Å². The zero-order valence-corrected chi connectivity index (χ0v) is 17.1. The summed E-state index contributed by atoms with van der Waals surface area (Å²) in [6.45, 7) is 4.96. The fourth-order valence-electron chi connectivity index (χ4n) is 4.04. The zero-order chi connectivity index (χ0) is 22.4. The first-order chi connectivity index (χ1) is 14.7. The van der Waals surface area contributed by atoms with Crippen molar-refractivity contribution in [3.05, 3.63) is 56.9 Å². The Bertz CT molecular complexity index is 1300. The summed E-state index contributed by atoms with van der Waals surface area (Å²) in [4.78, 5) is 37.0. The van der Waals surface area contributed by atoms with Crippen LogP contribution < -0.4 is 15.1 Å². The van der Waals surface area contributed by atoms with Crippen LogP contribution in [0.1, 0.15) is 53.2 Å². The molecule has 4 rings (SSSR count). The van der Waals surface area contributed by atoms with Crippen molar-refractivity contribution >= 4 is 22.7 Å². The number of fused-ring (bicyclic) bond motifs is 3. The van der Waals surface area contributed by atoms with Crippen molar-refractivity contribution in [1.29, 1.82) is 0 Å². The van der Waals surface area contributed by atoms with E-state index < -0.39 is 29.0 Å². The van der Waals surface area contributed by atoms with Crippen LogP contribution in [0.4, 0.5) is 0 Å². The Morgan fingerprint density at radius 3 is 2.65 bits per heavy atom. The highest BCUT2D eigenvalue weighted by molar-refractivity contribution is 6.09. The maximum atomic E-state index is 12.5. The summed E-state index contributed by atoms with van der Waals surface area (Å²) in [5.74, 6) is -2.15. The topological polar surface area (TPSA) is 123 Å². The van der Waals surface area contributed by atoms with E-state index in [0.29, 0.717) is 23.3 Å². The number of esters is 1. The number of ketones is 1. The number of rotatable bonds is 4. The molecule has 0 saturated heterocycles. The lowest BCUT2D eigenvalue weighted by molar-refractivity contribution is -0.135. The normalized spacial score (nSPS) is 15.5. The predicted octanol–water partition coefficient (Wildman–Crippen LogP) is 3.55. The van der Waals surface area contributed by atoms with Gasteiger partial charge in [-0.05, 0) is 44.0 Å². The van der Waals surface area contributed by atoms with Gasteiger partial charge in [0, 0.05) is 17.5 Å². The van der Waals surface area contributed by atoms with Crippen molar-refractivity contribution in [1.82, 2.24) is 0 Å². The average Bonchev–Trinajstić information content (AvgIpc) is 2.68. The number of carbonyl (C=O) groups is 2. The van der Waals surface area contributed by atoms with Gasteiger partial charge in [-0.1, -0.05) is 6.07 Å². The van der Waals surface area contributed by atoms with Crippen LogP contribution >= 0.6 is 0 Å². The summed E-state index contributed by atoms with van der Waals surface area (Å²) in [5, 5.41) is 21.1. The summed E-state index contributed by atoms with van der Waals surface area (Å²) in [7, 11) is 0. The van der Waals surface area contributed by atoms with E-state index in [1.54, 1.807) is 26.0 Å². The lowest BCUT2D eigenvalue weighted by atomic mass is 9.82. The van der Waals surface area contributed by atoms with Crippen molar-refractivity contribution in [3.63, 3.8) is 0 Å². The third kappa shape index (κ3) is 3.30. The predicted molar refractivity (Wildman–Crippen MR) is 110 cm³/mol. The molecule has 2 heterocycles. The molecule has 1 unspecified atom stereocenters. The quantitative estimate of drug-likeness (QED) is 0.282. The molecule has 160 valence electrons. The molecule has 1 aliphatic rings. The lowest BCUT2D eigenvalue weighted by Gasteiger charge is -2.28. The molecule has 8 nitrogen and oxygen atoms in total. The van der Waals surface area contributed by atoms with Crippen molar-refractivity contribution in [2.24, 2.45) is 0 Å². The second kappa shape index (κ2) is 7.46. The minimum absolute atomic E-state index is 0.0473. The van der Waals surface area contributed by atoms with Gasteiger partial charge in [0.25, 0.3) is 0 Å². The molecule has 0 saturated carbocycles. The molecular weight excluding hydrogens is 404 g/mol.